The predicted molar refractivity (Wildman–Crippen MR) is 91.4 cm³/mol. The first kappa shape index (κ1) is 17.1. The Morgan fingerprint density at radius 3 is 2.71 bits per heavy atom. The molecule has 0 spiro atoms. The average molecular weight is 366 g/mol. The third-order valence-electron chi connectivity index (χ3n) is 4.06. The van der Waals surface area contributed by atoms with Crippen LogP contribution in [0.4, 0.5) is 0 Å². The van der Waals surface area contributed by atoms with Crippen molar-refractivity contribution in [3.05, 3.63) is 35.3 Å². The van der Waals surface area contributed by atoms with Gasteiger partial charge in [0, 0.05) is 13.1 Å². The second kappa shape index (κ2) is 6.62. The first-order chi connectivity index (χ1) is 11.4. The van der Waals surface area contributed by atoms with Crippen LogP contribution in [0.5, 0.6) is 0 Å². The molecule has 8 heteroatoms. The molecule has 1 aromatic heterocycles. The Balaban J connectivity index is 2.00. The van der Waals surface area contributed by atoms with Gasteiger partial charge >= 0.3 is 5.97 Å². The molecule has 1 unspecified atom stereocenters. The van der Waals surface area contributed by atoms with Crippen LogP contribution in [0, 0.1) is 12.8 Å². The van der Waals surface area contributed by atoms with E-state index in [-0.39, 0.29) is 11.6 Å². The van der Waals surface area contributed by atoms with E-state index in [1.54, 1.807) is 6.92 Å². The zero-order valence-corrected chi connectivity index (χ0v) is 14.8. The molecular weight excluding hydrogens is 348 g/mol. The third-order valence-corrected chi connectivity index (χ3v) is 7.00. The highest BCUT2D eigenvalue weighted by atomic mass is 32.2. The maximum absolute atomic E-state index is 13.0. The number of piperidine rings is 1. The molecule has 0 radical (unpaired) electrons. The maximum atomic E-state index is 13.0. The Labute approximate surface area is 144 Å². The van der Waals surface area contributed by atoms with E-state index in [0.717, 1.165) is 5.56 Å². The van der Waals surface area contributed by atoms with Gasteiger partial charge in [0.25, 0.3) is 10.0 Å². The first-order valence-electron chi connectivity index (χ1n) is 7.65. The number of hydrogen-bond donors (Lipinski definition) is 1. The van der Waals surface area contributed by atoms with Crippen molar-refractivity contribution in [1.29, 1.82) is 0 Å². The smallest absolute Gasteiger partial charge is 0.307 e. The number of benzene rings is 1. The predicted octanol–water partition coefficient (Wildman–Crippen LogP) is 2.60. The average Bonchev–Trinajstić information content (AvgIpc) is 2.98. The van der Waals surface area contributed by atoms with Gasteiger partial charge in [-0.15, -0.1) is 11.3 Å². The molecule has 0 bridgehead atoms. The van der Waals surface area contributed by atoms with E-state index in [1.165, 1.54) is 15.6 Å². The number of carboxylic acids is 1. The molecular formula is C16H18N2O4S2. The van der Waals surface area contributed by atoms with E-state index in [1.807, 2.05) is 30.3 Å². The Morgan fingerprint density at radius 2 is 2.04 bits per heavy atom. The summed E-state index contributed by atoms with van der Waals surface area (Å²) in [5, 5.41) is 9.89. The van der Waals surface area contributed by atoms with Gasteiger partial charge in [-0.3, -0.25) is 4.79 Å². The van der Waals surface area contributed by atoms with E-state index in [0.29, 0.717) is 29.3 Å². The van der Waals surface area contributed by atoms with Gasteiger partial charge in [-0.1, -0.05) is 30.3 Å². The van der Waals surface area contributed by atoms with Crippen LogP contribution in [-0.4, -0.2) is 41.9 Å². The van der Waals surface area contributed by atoms with Gasteiger partial charge in [0.1, 0.15) is 0 Å². The zero-order valence-electron chi connectivity index (χ0n) is 13.2. The second-order valence-electron chi connectivity index (χ2n) is 5.77. The van der Waals surface area contributed by atoms with Crippen molar-refractivity contribution in [2.75, 3.05) is 13.1 Å². The summed E-state index contributed by atoms with van der Waals surface area (Å²) in [6.45, 7) is 2.10. The van der Waals surface area contributed by atoms with Gasteiger partial charge in [0.2, 0.25) is 0 Å². The lowest BCUT2D eigenvalue weighted by atomic mass is 10.0. The molecule has 1 aliphatic heterocycles. The minimum atomic E-state index is -3.82. The van der Waals surface area contributed by atoms with Crippen LogP contribution in [0.15, 0.2) is 35.4 Å². The quantitative estimate of drug-likeness (QED) is 0.899. The van der Waals surface area contributed by atoms with Gasteiger partial charge < -0.3 is 5.11 Å². The summed E-state index contributed by atoms with van der Waals surface area (Å²) in [7, 11) is -3.82. The van der Waals surface area contributed by atoms with Crippen LogP contribution in [-0.2, 0) is 14.8 Å². The van der Waals surface area contributed by atoms with Gasteiger partial charge in [0.15, 0.2) is 5.03 Å². The number of thiazole rings is 1. The molecule has 1 aliphatic rings. The first-order valence-corrected chi connectivity index (χ1v) is 9.91. The molecule has 2 aromatic rings. The highest BCUT2D eigenvalue weighted by molar-refractivity contribution is 7.89. The summed E-state index contributed by atoms with van der Waals surface area (Å²) in [5.41, 5.74) is 0.800. The van der Waals surface area contributed by atoms with Crippen molar-refractivity contribution in [1.82, 2.24) is 9.29 Å². The molecule has 0 saturated carbocycles. The largest absolute Gasteiger partial charge is 0.481 e. The Bertz CT molecular complexity index is 846. The highest BCUT2D eigenvalue weighted by Gasteiger charge is 2.36. The van der Waals surface area contributed by atoms with Gasteiger partial charge in [0.05, 0.1) is 15.8 Å². The fourth-order valence-electron chi connectivity index (χ4n) is 2.84. The van der Waals surface area contributed by atoms with Crippen molar-refractivity contribution >= 4 is 27.3 Å². The van der Waals surface area contributed by atoms with E-state index in [4.69, 9.17) is 0 Å². The number of carboxylic acid groups (broad SMARTS) is 1. The lowest BCUT2D eigenvalue weighted by Gasteiger charge is -2.29. The number of sulfonamides is 1. The summed E-state index contributed by atoms with van der Waals surface area (Å²) in [6.07, 6.45) is 1.04. The fraction of sp³-hybridized carbons (Fsp3) is 0.375. The van der Waals surface area contributed by atoms with Crippen LogP contribution < -0.4 is 0 Å². The number of nitrogens with zero attached hydrogens (tertiary/aromatic N) is 2. The van der Waals surface area contributed by atoms with E-state index in [2.05, 4.69) is 4.98 Å². The van der Waals surface area contributed by atoms with Crippen molar-refractivity contribution in [2.24, 2.45) is 5.92 Å². The van der Waals surface area contributed by atoms with Crippen LogP contribution in [0.1, 0.15) is 17.8 Å². The van der Waals surface area contributed by atoms with Crippen molar-refractivity contribution in [3.63, 3.8) is 0 Å². The van der Waals surface area contributed by atoms with Gasteiger partial charge in [-0.2, -0.15) is 4.31 Å². The Kier molecular flexibility index (Phi) is 4.71. The lowest BCUT2D eigenvalue weighted by Crippen LogP contribution is -2.42. The van der Waals surface area contributed by atoms with Crippen molar-refractivity contribution in [2.45, 2.75) is 24.8 Å². The van der Waals surface area contributed by atoms with Crippen molar-refractivity contribution in [3.8, 4) is 10.4 Å². The minimum absolute atomic E-state index is 0.00245. The second-order valence-corrected chi connectivity index (χ2v) is 8.83. The zero-order chi connectivity index (χ0) is 17.3. The van der Waals surface area contributed by atoms with Crippen LogP contribution in [0.3, 0.4) is 0 Å². The number of aliphatic carboxylic acids is 1. The number of carbonyl (C=O) groups is 1. The maximum Gasteiger partial charge on any atom is 0.307 e. The normalized spacial score (nSPS) is 19.3. The van der Waals surface area contributed by atoms with Gasteiger partial charge in [-0.25, -0.2) is 13.4 Å². The summed E-state index contributed by atoms with van der Waals surface area (Å²) in [4.78, 5) is 16.1. The molecule has 0 aliphatic carbocycles. The standard InChI is InChI=1S/C16H18N2O4S2/c1-11-17-15(14(23-11)12-6-3-2-4-7-12)24(21,22)18-9-5-8-13(10-18)16(19)20/h2-4,6-7,13H,5,8-10H2,1H3,(H,19,20). The van der Waals surface area contributed by atoms with Crippen LogP contribution in [0.25, 0.3) is 10.4 Å². The number of rotatable bonds is 4. The topological polar surface area (TPSA) is 87.6 Å². The fourth-order valence-corrected chi connectivity index (χ4v) is 5.75. The van der Waals surface area contributed by atoms with E-state index in [9.17, 15) is 18.3 Å². The minimum Gasteiger partial charge on any atom is -0.481 e. The lowest BCUT2D eigenvalue weighted by molar-refractivity contribution is -0.142. The molecule has 128 valence electrons. The Hall–Kier alpha value is -1.77. The summed E-state index contributed by atoms with van der Waals surface area (Å²) < 4.78 is 27.3. The summed E-state index contributed by atoms with van der Waals surface area (Å²) >= 11 is 1.33. The molecule has 1 N–H and O–H groups in total. The monoisotopic (exact) mass is 366 g/mol. The molecule has 2 heterocycles. The van der Waals surface area contributed by atoms with E-state index >= 15 is 0 Å². The molecule has 1 atom stereocenters. The van der Waals surface area contributed by atoms with Crippen LogP contribution in [0.2, 0.25) is 0 Å². The highest BCUT2D eigenvalue weighted by Crippen LogP contribution is 2.35. The molecule has 1 fully saturated rings. The SMILES string of the molecule is Cc1nc(S(=O)(=O)N2CCCC(C(=O)O)C2)c(-c2ccccc2)s1. The van der Waals surface area contributed by atoms with Crippen molar-refractivity contribution < 1.29 is 18.3 Å². The Morgan fingerprint density at radius 1 is 1.33 bits per heavy atom. The summed E-state index contributed by atoms with van der Waals surface area (Å²) in [6, 6.07) is 9.27. The third kappa shape index (κ3) is 3.22. The molecule has 3 rings (SSSR count). The molecule has 0 amide bonds. The molecule has 1 aromatic carbocycles. The van der Waals surface area contributed by atoms with Gasteiger partial charge in [-0.05, 0) is 25.3 Å². The molecule has 24 heavy (non-hydrogen) atoms. The molecule has 1 saturated heterocycles. The van der Waals surface area contributed by atoms with Crippen LogP contribution >= 0.6 is 11.3 Å². The molecule has 6 nitrogen and oxygen atoms in total. The number of aromatic nitrogens is 1. The van der Waals surface area contributed by atoms with E-state index < -0.39 is 21.9 Å². The number of hydrogen-bond acceptors (Lipinski definition) is 5. The number of aryl methyl sites for hydroxylation is 1. The summed E-state index contributed by atoms with van der Waals surface area (Å²) in [5.74, 6) is -1.61.